The molecule has 2 unspecified atom stereocenters. The monoisotopic (exact) mass is 405 g/mol. The molecule has 2 atom stereocenters. The Morgan fingerprint density at radius 2 is 1.59 bits per heavy atom. The highest BCUT2D eigenvalue weighted by Gasteiger charge is 2.33. The lowest BCUT2D eigenvalue weighted by atomic mass is 9.84. The molecule has 2 heterocycles. The first-order valence-corrected chi connectivity index (χ1v) is 11.2. The number of benzene rings is 1. The number of piperidine rings is 2. The van der Waals surface area contributed by atoms with Crippen LogP contribution in [0.1, 0.15) is 63.2 Å². The molecule has 1 aromatic rings. The molecule has 1 aromatic carbocycles. The average molecular weight is 406 g/mol. The molecule has 0 N–H and O–H groups in total. The first-order valence-electron chi connectivity index (χ1n) is 11.2. The molecule has 0 spiro atoms. The minimum Gasteiger partial charge on any atom is -0.490 e. The van der Waals surface area contributed by atoms with Crippen molar-refractivity contribution in [3.05, 3.63) is 17.7 Å². The molecule has 0 aliphatic carbocycles. The van der Waals surface area contributed by atoms with E-state index in [1.807, 2.05) is 20.8 Å². The van der Waals surface area contributed by atoms with Gasteiger partial charge in [-0.1, -0.05) is 6.42 Å². The van der Waals surface area contributed by atoms with Gasteiger partial charge in [-0.15, -0.1) is 0 Å². The zero-order chi connectivity index (χ0) is 20.6. The molecule has 0 bridgehead atoms. The Labute approximate surface area is 174 Å². The van der Waals surface area contributed by atoms with Crippen LogP contribution in [0.25, 0.3) is 0 Å². The van der Waals surface area contributed by atoms with Gasteiger partial charge in [-0.05, 0) is 71.7 Å². The van der Waals surface area contributed by atoms with Gasteiger partial charge in [-0.2, -0.15) is 0 Å². The van der Waals surface area contributed by atoms with E-state index in [1.165, 1.54) is 38.8 Å². The van der Waals surface area contributed by atoms with Crippen LogP contribution in [-0.2, 0) is 4.74 Å². The molecular formula is C23H35NO5. The van der Waals surface area contributed by atoms with Gasteiger partial charge in [-0.25, -0.2) is 4.79 Å². The summed E-state index contributed by atoms with van der Waals surface area (Å²) in [5, 5.41) is 0. The summed E-state index contributed by atoms with van der Waals surface area (Å²) in [5.74, 6) is 1.67. The standard InChI is InChI=1S/C23H35NO5/c1-4-26-20-14-18(15-21(27-5-2)22(20)28-6-3)23(25)29-16-17-10-9-13-24-12-8-7-11-19(17)24/h14-15,17,19H,4-13,16H2,1-3H3. The predicted molar refractivity (Wildman–Crippen MR) is 112 cm³/mol. The molecule has 2 fully saturated rings. The van der Waals surface area contributed by atoms with E-state index < -0.39 is 0 Å². The minimum atomic E-state index is -0.331. The van der Waals surface area contributed by atoms with Gasteiger partial charge < -0.3 is 18.9 Å². The summed E-state index contributed by atoms with van der Waals surface area (Å²) in [6.07, 6.45) is 6.10. The summed E-state index contributed by atoms with van der Waals surface area (Å²) in [5.41, 5.74) is 0.441. The predicted octanol–water partition coefficient (Wildman–Crippen LogP) is 4.30. The molecule has 3 rings (SSSR count). The molecule has 162 valence electrons. The van der Waals surface area contributed by atoms with Gasteiger partial charge in [0.25, 0.3) is 0 Å². The SMILES string of the molecule is CCOc1cc(C(=O)OCC2CCCN3CCCCC23)cc(OCC)c1OCC. The van der Waals surface area contributed by atoms with Gasteiger partial charge in [0.1, 0.15) is 0 Å². The fourth-order valence-electron chi connectivity index (χ4n) is 4.54. The van der Waals surface area contributed by atoms with Crippen molar-refractivity contribution in [2.75, 3.05) is 39.5 Å². The number of fused-ring (bicyclic) bond motifs is 1. The number of hydrogen-bond acceptors (Lipinski definition) is 6. The summed E-state index contributed by atoms with van der Waals surface area (Å²) in [6.45, 7) is 10.00. The quantitative estimate of drug-likeness (QED) is 0.571. The number of carbonyl (C=O) groups excluding carboxylic acids is 1. The summed E-state index contributed by atoms with van der Waals surface area (Å²) in [7, 11) is 0. The Balaban J connectivity index is 1.72. The van der Waals surface area contributed by atoms with Gasteiger partial charge in [0.05, 0.1) is 32.0 Å². The van der Waals surface area contributed by atoms with Crippen molar-refractivity contribution in [1.82, 2.24) is 4.90 Å². The van der Waals surface area contributed by atoms with Crippen molar-refractivity contribution in [3.8, 4) is 17.2 Å². The number of rotatable bonds is 9. The fraction of sp³-hybridized carbons (Fsp3) is 0.696. The molecule has 29 heavy (non-hydrogen) atoms. The fourth-order valence-corrected chi connectivity index (χ4v) is 4.54. The Hall–Kier alpha value is -1.95. The molecule has 0 radical (unpaired) electrons. The van der Waals surface area contributed by atoms with Crippen LogP contribution in [0.5, 0.6) is 17.2 Å². The molecule has 2 saturated heterocycles. The topological polar surface area (TPSA) is 57.2 Å². The highest BCUT2D eigenvalue weighted by atomic mass is 16.5. The van der Waals surface area contributed by atoms with Crippen LogP contribution < -0.4 is 14.2 Å². The Kier molecular flexibility index (Phi) is 8.04. The van der Waals surface area contributed by atoms with Crippen LogP contribution >= 0.6 is 0 Å². The maximum absolute atomic E-state index is 12.8. The van der Waals surface area contributed by atoms with Crippen LogP contribution in [0.15, 0.2) is 12.1 Å². The average Bonchev–Trinajstić information content (AvgIpc) is 2.74. The molecule has 2 aliphatic heterocycles. The maximum atomic E-state index is 12.8. The zero-order valence-electron chi connectivity index (χ0n) is 18.1. The van der Waals surface area contributed by atoms with Crippen molar-refractivity contribution in [3.63, 3.8) is 0 Å². The van der Waals surface area contributed by atoms with Crippen molar-refractivity contribution in [1.29, 1.82) is 0 Å². The second kappa shape index (κ2) is 10.7. The van der Waals surface area contributed by atoms with Crippen LogP contribution in [0.2, 0.25) is 0 Å². The van der Waals surface area contributed by atoms with Crippen LogP contribution in [0.3, 0.4) is 0 Å². The highest BCUT2D eigenvalue weighted by molar-refractivity contribution is 5.91. The third kappa shape index (κ3) is 5.35. The number of hydrogen-bond donors (Lipinski definition) is 0. The number of nitrogens with zero attached hydrogens (tertiary/aromatic N) is 1. The van der Waals surface area contributed by atoms with E-state index in [2.05, 4.69) is 4.90 Å². The lowest BCUT2D eigenvalue weighted by Gasteiger charge is -2.44. The van der Waals surface area contributed by atoms with E-state index in [0.717, 1.165) is 6.42 Å². The summed E-state index contributed by atoms with van der Waals surface area (Å²) < 4.78 is 22.9. The van der Waals surface area contributed by atoms with Gasteiger partial charge in [0.2, 0.25) is 5.75 Å². The van der Waals surface area contributed by atoms with Crippen LogP contribution in [0.4, 0.5) is 0 Å². The lowest BCUT2D eigenvalue weighted by Crippen LogP contribution is -2.49. The molecular weight excluding hydrogens is 370 g/mol. The lowest BCUT2D eigenvalue weighted by molar-refractivity contribution is 0.00733. The molecule has 0 saturated carbocycles. The van der Waals surface area contributed by atoms with Crippen LogP contribution in [-0.4, -0.2) is 56.4 Å². The third-order valence-electron chi connectivity index (χ3n) is 5.80. The first kappa shape index (κ1) is 21.8. The van der Waals surface area contributed by atoms with E-state index in [-0.39, 0.29) is 5.97 Å². The molecule has 6 nitrogen and oxygen atoms in total. The molecule has 6 heteroatoms. The molecule has 0 aromatic heterocycles. The number of carbonyl (C=O) groups is 1. The van der Waals surface area contributed by atoms with Crippen molar-refractivity contribution in [2.24, 2.45) is 5.92 Å². The van der Waals surface area contributed by atoms with E-state index in [0.29, 0.717) is 61.2 Å². The summed E-state index contributed by atoms with van der Waals surface area (Å²) >= 11 is 0. The normalized spacial score (nSPS) is 21.9. The first-order chi connectivity index (χ1) is 14.2. The summed E-state index contributed by atoms with van der Waals surface area (Å²) in [4.78, 5) is 15.4. The van der Waals surface area contributed by atoms with Crippen molar-refractivity contribution >= 4 is 5.97 Å². The third-order valence-corrected chi connectivity index (χ3v) is 5.80. The Morgan fingerprint density at radius 1 is 0.931 bits per heavy atom. The minimum absolute atomic E-state index is 0.331. The molecule has 2 aliphatic rings. The largest absolute Gasteiger partial charge is 0.490 e. The smallest absolute Gasteiger partial charge is 0.338 e. The Bertz CT molecular complexity index is 648. The number of esters is 1. The van der Waals surface area contributed by atoms with Crippen LogP contribution in [0, 0.1) is 5.92 Å². The van der Waals surface area contributed by atoms with Gasteiger partial charge in [0.15, 0.2) is 11.5 Å². The van der Waals surface area contributed by atoms with Crippen molar-refractivity contribution in [2.45, 2.75) is 58.9 Å². The highest BCUT2D eigenvalue weighted by Crippen LogP contribution is 2.39. The number of ether oxygens (including phenoxy) is 4. The van der Waals surface area contributed by atoms with Crippen molar-refractivity contribution < 1.29 is 23.7 Å². The van der Waals surface area contributed by atoms with Gasteiger partial charge in [0, 0.05) is 12.0 Å². The second-order valence-electron chi connectivity index (χ2n) is 7.70. The summed E-state index contributed by atoms with van der Waals surface area (Å²) in [6, 6.07) is 3.96. The van der Waals surface area contributed by atoms with E-state index in [1.54, 1.807) is 12.1 Å². The van der Waals surface area contributed by atoms with Gasteiger partial charge >= 0.3 is 5.97 Å². The van der Waals surface area contributed by atoms with E-state index in [4.69, 9.17) is 18.9 Å². The zero-order valence-corrected chi connectivity index (χ0v) is 18.1. The molecule has 0 amide bonds. The van der Waals surface area contributed by atoms with E-state index >= 15 is 0 Å². The Morgan fingerprint density at radius 3 is 2.24 bits per heavy atom. The second-order valence-corrected chi connectivity index (χ2v) is 7.70. The van der Waals surface area contributed by atoms with E-state index in [9.17, 15) is 4.79 Å². The van der Waals surface area contributed by atoms with Gasteiger partial charge in [-0.3, -0.25) is 4.90 Å². The maximum Gasteiger partial charge on any atom is 0.338 e.